The number of rotatable bonds is 10. The quantitative estimate of drug-likeness (QED) is 0.646. The molecule has 1 aromatic carbocycles. The highest BCUT2D eigenvalue weighted by Gasteiger charge is 2.24. The van der Waals surface area contributed by atoms with Gasteiger partial charge in [-0.3, -0.25) is 14.4 Å². The van der Waals surface area contributed by atoms with Crippen LogP contribution in [0, 0.1) is 0 Å². The number of carbonyl (C=O) groups excluding carboxylic acids is 3. The van der Waals surface area contributed by atoms with Crippen molar-refractivity contribution >= 4 is 18.1 Å². The van der Waals surface area contributed by atoms with Crippen LogP contribution in [0.25, 0.3) is 0 Å². The molecule has 0 spiro atoms. The second-order valence-corrected chi connectivity index (χ2v) is 6.05. The van der Waals surface area contributed by atoms with Gasteiger partial charge in [-0.2, -0.15) is 0 Å². The van der Waals surface area contributed by atoms with Crippen LogP contribution in [0.2, 0.25) is 0 Å². The molecule has 0 heterocycles. The van der Waals surface area contributed by atoms with Gasteiger partial charge in [0.05, 0.1) is 18.7 Å². The highest BCUT2D eigenvalue weighted by atomic mass is 16.5. The molecule has 7 heteroatoms. The first kappa shape index (κ1) is 18.8. The van der Waals surface area contributed by atoms with E-state index in [1.807, 2.05) is 6.92 Å². The minimum Gasteiger partial charge on any atom is -0.493 e. The number of nitrogens with zero attached hydrogens (tertiary/aromatic N) is 1. The molecule has 0 radical (unpaired) electrons. The predicted octanol–water partition coefficient (Wildman–Crippen LogP) is 1.40. The van der Waals surface area contributed by atoms with E-state index in [2.05, 4.69) is 5.32 Å². The van der Waals surface area contributed by atoms with Gasteiger partial charge in [0.2, 0.25) is 5.91 Å². The van der Waals surface area contributed by atoms with Crippen LogP contribution in [0.4, 0.5) is 0 Å². The van der Waals surface area contributed by atoms with Crippen LogP contribution in [0.5, 0.6) is 11.5 Å². The summed E-state index contributed by atoms with van der Waals surface area (Å²) in [5.41, 5.74) is 0.339. The number of likely N-dealkylation sites (N-methyl/N-ethyl adjacent to an activating group) is 1. The van der Waals surface area contributed by atoms with Crippen molar-refractivity contribution in [1.82, 2.24) is 10.2 Å². The SMILES string of the molecule is CCCOc1ccc(C=O)c(OCC(=O)N(C)CC(=O)NC2CC2)c1. The number of hydrogen-bond donors (Lipinski definition) is 1. The fourth-order valence-electron chi connectivity index (χ4n) is 2.10. The fraction of sp³-hybridized carbons (Fsp3) is 0.500. The molecule has 0 atom stereocenters. The molecule has 2 amide bonds. The van der Waals surface area contributed by atoms with E-state index in [1.54, 1.807) is 25.2 Å². The van der Waals surface area contributed by atoms with Gasteiger partial charge in [-0.25, -0.2) is 0 Å². The van der Waals surface area contributed by atoms with Gasteiger partial charge in [0.1, 0.15) is 11.5 Å². The van der Waals surface area contributed by atoms with Crippen LogP contribution < -0.4 is 14.8 Å². The smallest absolute Gasteiger partial charge is 0.260 e. The van der Waals surface area contributed by atoms with Gasteiger partial charge in [0.25, 0.3) is 5.91 Å². The first-order valence-electron chi connectivity index (χ1n) is 8.41. The molecule has 1 aliphatic carbocycles. The Labute approximate surface area is 147 Å². The van der Waals surface area contributed by atoms with Gasteiger partial charge in [0.15, 0.2) is 12.9 Å². The van der Waals surface area contributed by atoms with Gasteiger partial charge >= 0.3 is 0 Å². The average molecular weight is 348 g/mol. The van der Waals surface area contributed by atoms with Gasteiger partial charge in [-0.05, 0) is 31.4 Å². The zero-order valence-electron chi connectivity index (χ0n) is 14.6. The molecule has 0 saturated heterocycles. The summed E-state index contributed by atoms with van der Waals surface area (Å²) in [5, 5.41) is 2.82. The van der Waals surface area contributed by atoms with Crippen molar-refractivity contribution in [3.05, 3.63) is 23.8 Å². The van der Waals surface area contributed by atoms with E-state index in [1.165, 1.54) is 4.90 Å². The minimum absolute atomic E-state index is 0.0150. The van der Waals surface area contributed by atoms with Crippen LogP contribution in [0.3, 0.4) is 0 Å². The lowest BCUT2D eigenvalue weighted by molar-refractivity contribution is -0.136. The number of hydrogen-bond acceptors (Lipinski definition) is 5. The Bertz CT molecular complexity index is 628. The zero-order valence-corrected chi connectivity index (χ0v) is 14.6. The number of benzene rings is 1. The number of aldehydes is 1. The summed E-state index contributed by atoms with van der Waals surface area (Å²) in [5.74, 6) is 0.337. The lowest BCUT2D eigenvalue weighted by atomic mass is 10.2. The third-order valence-electron chi connectivity index (χ3n) is 3.68. The monoisotopic (exact) mass is 348 g/mol. The Morgan fingerprint density at radius 3 is 2.72 bits per heavy atom. The van der Waals surface area contributed by atoms with Crippen molar-refractivity contribution in [2.45, 2.75) is 32.2 Å². The summed E-state index contributed by atoms with van der Waals surface area (Å²) < 4.78 is 11.0. The van der Waals surface area contributed by atoms with E-state index >= 15 is 0 Å². The summed E-state index contributed by atoms with van der Waals surface area (Å²) in [6.45, 7) is 2.27. The average Bonchev–Trinajstić information content (AvgIpc) is 3.41. The van der Waals surface area contributed by atoms with Crippen molar-refractivity contribution in [2.24, 2.45) is 0 Å². The Balaban J connectivity index is 1.88. The first-order valence-corrected chi connectivity index (χ1v) is 8.41. The van der Waals surface area contributed by atoms with Crippen molar-refractivity contribution < 1.29 is 23.9 Å². The maximum atomic E-state index is 12.1. The normalized spacial score (nSPS) is 13.0. The van der Waals surface area contributed by atoms with Crippen LogP contribution >= 0.6 is 0 Å². The number of amides is 2. The maximum Gasteiger partial charge on any atom is 0.260 e. The molecule has 2 rings (SSSR count). The Morgan fingerprint density at radius 2 is 2.08 bits per heavy atom. The highest BCUT2D eigenvalue weighted by molar-refractivity contribution is 5.86. The molecule has 1 saturated carbocycles. The third-order valence-corrected chi connectivity index (χ3v) is 3.68. The number of carbonyl (C=O) groups is 3. The van der Waals surface area contributed by atoms with E-state index in [-0.39, 0.29) is 36.8 Å². The largest absolute Gasteiger partial charge is 0.493 e. The molecular formula is C18H24N2O5. The van der Waals surface area contributed by atoms with Gasteiger partial charge < -0.3 is 19.7 Å². The van der Waals surface area contributed by atoms with Gasteiger partial charge in [-0.1, -0.05) is 6.92 Å². The van der Waals surface area contributed by atoms with Crippen molar-refractivity contribution in [3.63, 3.8) is 0 Å². The van der Waals surface area contributed by atoms with Crippen molar-refractivity contribution in [1.29, 1.82) is 0 Å². The molecule has 1 N–H and O–H groups in total. The van der Waals surface area contributed by atoms with E-state index in [9.17, 15) is 14.4 Å². The minimum atomic E-state index is -0.345. The molecule has 0 bridgehead atoms. The molecule has 0 aliphatic heterocycles. The fourth-order valence-corrected chi connectivity index (χ4v) is 2.10. The second-order valence-electron chi connectivity index (χ2n) is 6.05. The van der Waals surface area contributed by atoms with E-state index in [0.29, 0.717) is 24.2 Å². The summed E-state index contributed by atoms with van der Waals surface area (Å²) >= 11 is 0. The molecule has 7 nitrogen and oxygen atoms in total. The summed E-state index contributed by atoms with van der Waals surface area (Å²) in [4.78, 5) is 36.2. The van der Waals surface area contributed by atoms with E-state index in [0.717, 1.165) is 19.3 Å². The Kier molecular flexibility index (Phi) is 6.80. The van der Waals surface area contributed by atoms with Crippen LogP contribution in [0.1, 0.15) is 36.5 Å². The zero-order chi connectivity index (χ0) is 18.2. The second kappa shape index (κ2) is 9.05. The topological polar surface area (TPSA) is 84.9 Å². The lowest BCUT2D eigenvalue weighted by Gasteiger charge is -2.17. The van der Waals surface area contributed by atoms with Crippen molar-refractivity contribution in [3.8, 4) is 11.5 Å². The van der Waals surface area contributed by atoms with Crippen LogP contribution in [-0.4, -0.2) is 55.8 Å². The summed E-state index contributed by atoms with van der Waals surface area (Å²) in [7, 11) is 1.54. The molecule has 0 unspecified atom stereocenters. The van der Waals surface area contributed by atoms with Crippen LogP contribution in [0.15, 0.2) is 18.2 Å². The highest BCUT2D eigenvalue weighted by Crippen LogP contribution is 2.24. The number of ether oxygens (including phenoxy) is 2. The summed E-state index contributed by atoms with van der Waals surface area (Å²) in [6.07, 6.45) is 3.52. The first-order chi connectivity index (χ1) is 12.0. The van der Waals surface area contributed by atoms with Crippen molar-refractivity contribution in [2.75, 3.05) is 26.8 Å². The van der Waals surface area contributed by atoms with Gasteiger partial charge in [-0.15, -0.1) is 0 Å². The Morgan fingerprint density at radius 1 is 1.32 bits per heavy atom. The molecule has 0 aromatic heterocycles. The Hall–Kier alpha value is -2.57. The molecule has 1 aromatic rings. The lowest BCUT2D eigenvalue weighted by Crippen LogP contribution is -2.41. The predicted molar refractivity (Wildman–Crippen MR) is 91.9 cm³/mol. The molecular weight excluding hydrogens is 324 g/mol. The molecule has 1 aliphatic rings. The molecule has 136 valence electrons. The van der Waals surface area contributed by atoms with Gasteiger partial charge in [0, 0.05) is 19.2 Å². The van der Waals surface area contributed by atoms with E-state index in [4.69, 9.17) is 9.47 Å². The standard InChI is InChI=1S/C18H24N2O5/c1-3-8-24-15-7-4-13(11-21)16(9-15)25-12-18(23)20(2)10-17(22)19-14-5-6-14/h4,7,9,11,14H,3,5-6,8,10,12H2,1-2H3,(H,19,22). The third kappa shape index (κ3) is 6.10. The summed E-state index contributed by atoms with van der Waals surface area (Å²) in [6, 6.07) is 5.12. The maximum absolute atomic E-state index is 12.1. The van der Waals surface area contributed by atoms with E-state index < -0.39 is 0 Å². The molecule has 1 fully saturated rings. The molecule has 25 heavy (non-hydrogen) atoms. The van der Waals surface area contributed by atoms with Crippen LogP contribution in [-0.2, 0) is 9.59 Å². The number of nitrogens with one attached hydrogen (secondary N) is 1.